The van der Waals surface area contributed by atoms with Crippen molar-refractivity contribution in [3.05, 3.63) is 35.5 Å². The number of hydrogen-bond acceptors (Lipinski definition) is 6. The number of nitrogens with zero attached hydrogens (tertiary/aromatic N) is 2. The summed E-state index contributed by atoms with van der Waals surface area (Å²) in [6.07, 6.45) is 0. The van der Waals surface area contributed by atoms with Crippen molar-refractivity contribution in [1.29, 1.82) is 0 Å². The maximum absolute atomic E-state index is 5.54. The van der Waals surface area contributed by atoms with Crippen molar-refractivity contribution >= 4 is 33.1 Å². The number of aromatic nitrogens is 2. The molecule has 104 valence electrons. The Morgan fingerprint density at radius 2 is 2.15 bits per heavy atom. The van der Waals surface area contributed by atoms with Crippen molar-refractivity contribution in [3.8, 4) is 0 Å². The van der Waals surface area contributed by atoms with E-state index in [0.717, 1.165) is 5.69 Å². The first-order valence-corrected chi connectivity index (χ1v) is 7.39. The highest BCUT2D eigenvalue weighted by molar-refractivity contribution is 7.17. The highest BCUT2D eigenvalue weighted by Gasteiger charge is 2.07. The lowest BCUT2D eigenvalue weighted by Gasteiger charge is -2.03. The van der Waals surface area contributed by atoms with E-state index in [0.29, 0.717) is 24.5 Å². The molecule has 0 aliphatic rings. The van der Waals surface area contributed by atoms with Crippen molar-refractivity contribution < 1.29 is 4.42 Å². The second-order valence-electron chi connectivity index (χ2n) is 4.83. The lowest BCUT2D eigenvalue weighted by atomic mass is 10.2. The summed E-state index contributed by atoms with van der Waals surface area (Å²) in [5.74, 6) is 0.581. The van der Waals surface area contributed by atoms with Crippen LogP contribution in [0.2, 0.25) is 0 Å². The third kappa shape index (κ3) is 2.97. The van der Waals surface area contributed by atoms with E-state index in [1.54, 1.807) is 11.3 Å². The molecule has 0 aliphatic carbocycles. The van der Waals surface area contributed by atoms with Crippen LogP contribution in [0, 0.1) is 0 Å². The molecule has 2 heterocycles. The molecule has 0 unspecified atom stereocenters. The van der Waals surface area contributed by atoms with Crippen molar-refractivity contribution in [1.82, 2.24) is 15.5 Å². The lowest BCUT2D eigenvalue weighted by molar-refractivity contribution is 0.460. The molecule has 6 heteroatoms. The molecular formula is C14H16N4OS. The number of rotatable bonds is 5. The van der Waals surface area contributed by atoms with Gasteiger partial charge in [-0.3, -0.25) is 0 Å². The van der Waals surface area contributed by atoms with E-state index in [1.165, 1.54) is 10.1 Å². The molecule has 0 bridgehead atoms. The first-order chi connectivity index (χ1) is 9.70. The summed E-state index contributed by atoms with van der Waals surface area (Å²) < 4.78 is 6.80. The molecule has 2 aromatic heterocycles. The van der Waals surface area contributed by atoms with Crippen LogP contribution in [0.4, 0.5) is 11.7 Å². The highest BCUT2D eigenvalue weighted by atomic mass is 32.1. The molecule has 0 fully saturated rings. The van der Waals surface area contributed by atoms with E-state index in [2.05, 4.69) is 58.3 Å². The monoisotopic (exact) mass is 288 g/mol. The zero-order valence-electron chi connectivity index (χ0n) is 11.4. The standard InChI is InChI=1S/C14H16N4OS/c1-9(2)15-8-13-17-18-14(19-13)16-11-3-4-12-10(7-11)5-6-20-12/h3-7,9,15H,8H2,1-2H3,(H,16,18). The number of fused-ring (bicyclic) bond motifs is 1. The second kappa shape index (κ2) is 5.60. The fraction of sp³-hybridized carbons (Fsp3) is 0.286. The number of benzene rings is 1. The van der Waals surface area contributed by atoms with Gasteiger partial charge in [0.05, 0.1) is 6.54 Å². The van der Waals surface area contributed by atoms with Gasteiger partial charge in [-0.05, 0) is 35.0 Å². The number of anilines is 2. The van der Waals surface area contributed by atoms with Gasteiger partial charge in [-0.1, -0.05) is 18.9 Å². The Balaban J connectivity index is 1.70. The predicted octanol–water partition coefficient (Wildman–Crippen LogP) is 3.53. The molecule has 0 radical (unpaired) electrons. The summed E-state index contributed by atoms with van der Waals surface area (Å²) >= 11 is 1.73. The van der Waals surface area contributed by atoms with Crippen molar-refractivity contribution in [2.75, 3.05) is 5.32 Å². The van der Waals surface area contributed by atoms with Gasteiger partial charge in [0.25, 0.3) is 0 Å². The average molecular weight is 288 g/mol. The SMILES string of the molecule is CC(C)NCc1nnc(Nc2ccc3sccc3c2)o1. The Kier molecular flexibility index (Phi) is 3.66. The molecule has 5 nitrogen and oxygen atoms in total. The van der Waals surface area contributed by atoms with Crippen LogP contribution in [0.15, 0.2) is 34.1 Å². The van der Waals surface area contributed by atoms with Crippen molar-refractivity contribution in [2.45, 2.75) is 26.4 Å². The Morgan fingerprint density at radius 1 is 1.25 bits per heavy atom. The molecular weight excluding hydrogens is 272 g/mol. The summed E-state index contributed by atoms with van der Waals surface area (Å²) in [7, 11) is 0. The van der Waals surface area contributed by atoms with Gasteiger partial charge >= 0.3 is 6.01 Å². The summed E-state index contributed by atoms with van der Waals surface area (Å²) in [6.45, 7) is 4.73. The van der Waals surface area contributed by atoms with Crippen molar-refractivity contribution in [2.24, 2.45) is 0 Å². The Bertz CT molecular complexity index is 704. The summed E-state index contributed by atoms with van der Waals surface area (Å²) in [5.41, 5.74) is 0.947. The van der Waals surface area contributed by atoms with Gasteiger partial charge in [-0.2, -0.15) is 0 Å². The van der Waals surface area contributed by atoms with Gasteiger partial charge in [0.2, 0.25) is 5.89 Å². The molecule has 0 aliphatic heterocycles. The molecule has 0 spiro atoms. The van der Waals surface area contributed by atoms with Crippen molar-refractivity contribution in [3.63, 3.8) is 0 Å². The van der Waals surface area contributed by atoms with Crippen LogP contribution in [-0.4, -0.2) is 16.2 Å². The predicted molar refractivity (Wildman–Crippen MR) is 81.4 cm³/mol. The Morgan fingerprint density at radius 3 is 3.00 bits per heavy atom. The molecule has 0 saturated heterocycles. The van der Waals surface area contributed by atoms with E-state index >= 15 is 0 Å². The van der Waals surface area contributed by atoms with Gasteiger partial charge < -0.3 is 15.1 Å². The lowest BCUT2D eigenvalue weighted by Crippen LogP contribution is -2.21. The quantitative estimate of drug-likeness (QED) is 0.752. The third-order valence-corrected chi connectivity index (χ3v) is 3.73. The zero-order chi connectivity index (χ0) is 13.9. The minimum absolute atomic E-state index is 0.388. The van der Waals surface area contributed by atoms with Gasteiger partial charge in [0, 0.05) is 16.4 Å². The summed E-state index contributed by atoms with van der Waals surface area (Å²) in [6, 6.07) is 9.06. The van der Waals surface area contributed by atoms with E-state index in [9.17, 15) is 0 Å². The van der Waals surface area contributed by atoms with E-state index in [4.69, 9.17) is 4.42 Å². The normalized spacial score (nSPS) is 11.3. The summed E-state index contributed by atoms with van der Waals surface area (Å²) in [5, 5.41) is 17.6. The van der Waals surface area contributed by atoms with Gasteiger partial charge in [-0.25, -0.2) is 0 Å². The number of thiophene rings is 1. The smallest absolute Gasteiger partial charge is 0.320 e. The number of hydrogen-bond donors (Lipinski definition) is 2. The van der Waals surface area contributed by atoms with Crippen LogP contribution in [-0.2, 0) is 6.54 Å². The van der Waals surface area contributed by atoms with E-state index in [-0.39, 0.29) is 0 Å². The molecule has 0 saturated carbocycles. The van der Waals surface area contributed by atoms with E-state index < -0.39 is 0 Å². The van der Waals surface area contributed by atoms with Crippen LogP contribution >= 0.6 is 11.3 Å². The molecule has 1 aromatic carbocycles. The first-order valence-electron chi connectivity index (χ1n) is 6.51. The average Bonchev–Trinajstić information content (AvgIpc) is 3.04. The molecule has 0 atom stereocenters. The Labute approximate surface area is 121 Å². The van der Waals surface area contributed by atoms with Crippen LogP contribution in [0.5, 0.6) is 0 Å². The zero-order valence-corrected chi connectivity index (χ0v) is 12.2. The minimum atomic E-state index is 0.388. The maximum Gasteiger partial charge on any atom is 0.320 e. The van der Waals surface area contributed by atoms with Crippen LogP contribution < -0.4 is 10.6 Å². The fourth-order valence-electron chi connectivity index (χ4n) is 1.83. The van der Waals surface area contributed by atoms with Gasteiger partial charge in [0.15, 0.2) is 0 Å². The molecule has 3 rings (SSSR count). The summed E-state index contributed by atoms with van der Waals surface area (Å²) in [4.78, 5) is 0. The molecule has 20 heavy (non-hydrogen) atoms. The topological polar surface area (TPSA) is 63.0 Å². The highest BCUT2D eigenvalue weighted by Crippen LogP contribution is 2.25. The van der Waals surface area contributed by atoms with Gasteiger partial charge in [0.1, 0.15) is 0 Å². The van der Waals surface area contributed by atoms with Gasteiger partial charge in [-0.15, -0.1) is 16.4 Å². The Hall–Kier alpha value is -1.92. The third-order valence-electron chi connectivity index (χ3n) is 2.83. The van der Waals surface area contributed by atoms with Crippen LogP contribution in [0.1, 0.15) is 19.7 Å². The largest absolute Gasteiger partial charge is 0.406 e. The maximum atomic E-state index is 5.54. The minimum Gasteiger partial charge on any atom is -0.406 e. The molecule has 0 amide bonds. The fourth-order valence-corrected chi connectivity index (χ4v) is 2.61. The number of nitrogens with one attached hydrogen (secondary N) is 2. The van der Waals surface area contributed by atoms with Crippen LogP contribution in [0.3, 0.4) is 0 Å². The molecule has 2 N–H and O–H groups in total. The second-order valence-corrected chi connectivity index (χ2v) is 5.78. The van der Waals surface area contributed by atoms with E-state index in [1.807, 2.05) is 6.07 Å². The first kappa shape index (κ1) is 13.1. The molecule has 3 aromatic rings. The van der Waals surface area contributed by atoms with Crippen LogP contribution in [0.25, 0.3) is 10.1 Å².